The number of amides is 1. The largest absolute Gasteiger partial charge is 0.490 e. The second kappa shape index (κ2) is 10.9. The molecule has 0 aliphatic carbocycles. The van der Waals surface area contributed by atoms with Crippen LogP contribution in [0, 0.1) is 0 Å². The van der Waals surface area contributed by atoms with E-state index in [9.17, 15) is 4.79 Å². The standard InChI is InChI=1S/C24H23BrN2O3S/c1-16(2)30-22-12-11-18(13-21(22)25)23(28)27-24(31)26-19-9-6-10-20(14-19)29-15-17-7-4-3-5-8-17/h3-14,16H,15H2,1-2H3,(H2,26,27,28,31). The normalized spacial score (nSPS) is 10.5. The molecule has 0 heterocycles. The van der Waals surface area contributed by atoms with Gasteiger partial charge in [-0.3, -0.25) is 10.1 Å². The van der Waals surface area contributed by atoms with Crippen LogP contribution in [0.15, 0.2) is 77.3 Å². The first-order valence-electron chi connectivity index (χ1n) is 9.76. The fourth-order valence-electron chi connectivity index (χ4n) is 2.73. The van der Waals surface area contributed by atoms with E-state index in [0.717, 1.165) is 11.3 Å². The molecular formula is C24H23BrN2O3S. The predicted molar refractivity (Wildman–Crippen MR) is 131 cm³/mol. The van der Waals surface area contributed by atoms with Crippen LogP contribution in [0.3, 0.4) is 0 Å². The van der Waals surface area contributed by atoms with Crippen LogP contribution < -0.4 is 20.1 Å². The number of halogens is 1. The molecule has 3 rings (SSSR count). The molecule has 0 saturated carbocycles. The molecule has 0 fully saturated rings. The van der Waals surface area contributed by atoms with Gasteiger partial charge in [0.15, 0.2) is 5.11 Å². The van der Waals surface area contributed by atoms with E-state index in [2.05, 4.69) is 26.6 Å². The highest BCUT2D eigenvalue weighted by atomic mass is 79.9. The molecule has 0 saturated heterocycles. The van der Waals surface area contributed by atoms with Gasteiger partial charge in [-0.05, 0) is 77.9 Å². The quantitative estimate of drug-likeness (QED) is 0.394. The molecule has 0 aliphatic rings. The third kappa shape index (κ3) is 7.08. The van der Waals surface area contributed by atoms with Gasteiger partial charge in [-0.2, -0.15) is 0 Å². The van der Waals surface area contributed by atoms with Gasteiger partial charge in [0.1, 0.15) is 18.1 Å². The third-order valence-electron chi connectivity index (χ3n) is 4.12. The van der Waals surface area contributed by atoms with Gasteiger partial charge in [0.2, 0.25) is 0 Å². The average Bonchev–Trinajstić information content (AvgIpc) is 2.74. The van der Waals surface area contributed by atoms with Crippen LogP contribution >= 0.6 is 28.1 Å². The lowest BCUT2D eigenvalue weighted by Gasteiger charge is -2.13. The highest BCUT2D eigenvalue weighted by Gasteiger charge is 2.12. The summed E-state index contributed by atoms with van der Waals surface area (Å²) in [5, 5.41) is 5.90. The van der Waals surface area contributed by atoms with E-state index in [-0.39, 0.29) is 17.1 Å². The number of rotatable bonds is 7. The molecule has 1 amide bonds. The summed E-state index contributed by atoms with van der Waals surface area (Å²) >= 11 is 8.73. The number of anilines is 1. The van der Waals surface area contributed by atoms with Crippen molar-refractivity contribution in [1.82, 2.24) is 5.32 Å². The van der Waals surface area contributed by atoms with Crippen molar-refractivity contribution >= 4 is 44.9 Å². The van der Waals surface area contributed by atoms with E-state index in [1.54, 1.807) is 18.2 Å². The van der Waals surface area contributed by atoms with Crippen molar-refractivity contribution in [3.63, 3.8) is 0 Å². The summed E-state index contributed by atoms with van der Waals surface area (Å²) in [6.07, 6.45) is 0.0418. The van der Waals surface area contributed by atoms with Gasteiger partial charge in [-0.25, -0.2) is 0 Å². The van der Waals surface area contributed by atoms with Gasteiger partial charge in [-0.1, -0.05) is 36.4 Å². The number of hydrogen-bond donors (Lipinski definition) is 2. The van der Waals surface area contributed by atoms with Gasteiger partial charge in [0, 0.05) is 17.3 Å². The van der Waals surface area contributed by atoms with Crippen LogP contribution in [-0.4, -0.2) is 17.1 Å². The molecular weight excluding hydrogens is 476 g/mol. The molecule has 0 aliphatic heterocycles. The molecule has 31 heavy (non-hydrogen) atoms. The molecule has 0 bridgehead atoms. The summed E-state index contributed by atoms with van der Waals surface area (Å²) in [5.41, 5.74) is 2.27. The van der Waals surface area contributed by atoms with Gasteiger partial charge in [0.05, 0.1) is 10.6 Å². The average molecular weight is 499 g/mol. The van der Waals surface area contributed by atoms with Crippen molar-refractivity contribution in [1.29, 1.82) is 0 Å². The van der Waals surface area contributed by atoms with E-state index in [1.165, 1.54) is 0 Å². The van der Waals surface area contributed by atoms with E-state index >= 15 is 0 Å². The minimum absolute atomic E-state index is 0.0418. The predicted octanol–water partition coefficient (Wildman–Crippen LogP) is 5.94. The molecule has 0 atom stereocenters. The Morgan fingerprint density at radius 2 is 1.81 bits per heavy atom. The maximum atomic E-state index is 12.5. The summed E-state index contributed by atoms with van der Waals surface area (Å²) in [6, 6.07) is 22.5. The third-order valence-corrected chi connectivity index (χ3v) is 4.95. The molecule has 7 heteroatoms. The summed E-state index contributed by atoms with van der Waals surface area (Å²) < 4.78 is 12.2. The van der Waals surface area contributed by atoms with E-state index < -0.39 is 0 Å². The molecule has 0 radical (unpaired) electrons. The van der Waals surface area contributed by atoms with Crippen molar-refractivity contribution in [2.75, 3.05) is 5.32 Å². The lowest BCUT2D eigenvalue weighted by atomic mass is 10.2. The fourth-order valence-corrected chi connectivity index (χ4v) is 3.42. The lowest BCUT2D eigenvalue weighted by Crippen LogP contribution is -2.34. The zero-order chi connectivity index (χ0) is 22.2. The first-order chi connectivity index (χ1) is 14.9. The van der Waals surface area contributed by atoms with E-state index in [4.69, 9.17) is 21.7 Å². The van der Waals surface area contributed by atoms with Gasteiger partial charge >= 0.3 is 0 Å². The van der Waals surface area contributed by atoms with Gasteiger partial charge < -0.3 is 14.8 Å². The Morgan fingerprint density at radius 1 is 1.03 bits per heavy atom. The maximum Gasteiger partial charge on any atom is 0.257 e. The second-order valence-electron chi connectivity index (χ2n) is 7.02. The number of ether oxygens (including phenoxy) is 2. The topological polar surface area (TPSA) is 59.6 Å². The van der Waals surface area contributed by atoms with Crippen molar-refractivity contribution in [3.05, 3.63) is 88.4 Å². The van der Waals surface area contributed by atoms with E-state index in [1.807, 2.05) is 68.4 Å². The van der Waals surface area contributed by atoms with Crippen LogP contribution in [0.1, 0.15) is 29.8 Å². The number of thiocarbonyl (C=S) groups is 1. The summed E-state index contributed by atoms with van der Waals surface area (Å²) in [7, 11) is 0. The first kappa shape index (κ1) is 22.8. The van der Waals surface area contributed by atoms with Crippen molar-refractivity contribution in [2.45, 2.75) is 26.6 Å². The minimum Gasteiger partial charge on any atom is -0.490 e. The summed E-state index contributed by atoms with van der Waals surface area (Å²) in [4.78, 5) is 12.5. The smallest absolute Gasteiger partial charge is 0.257 e. The molecule has 3 aromatic carbocycles. The van der Waals surface area contributed by atoms with Crippen LogP contribution in [0.4, 0.5) is 5.69 Å². The highest BCUT2D eigenvalue weighted by Crippen LogP contribution is 2.27. The second-order valence-corrected chi connectivity index (χ2v) is 8.28. The van der Waals surface area contributed by atoms with Gasteiger partial charge in [-0.15, -0.1) is 0 Å². The van der Waals surface area contributed by atoms with Crippen molar-refractivity contribution in [3.8, 4) is 11.5 Å². The SMILES string of the molecule is CC(C)Oc1ccc(C(=O)NC(=S)Nc2cccc(OCc3ccccc3)c2)cc1Br. The maximum absolute atomic E-state index is 12.5. The summed E-state index contributed by atoms with van der Waals surface area (Å²) in [6.45, 7) is 4.36. The zero-order valence-electron chi connectivity index (χ0n) is 17.2. The number of carbonyl (C=O) groups excluding carboxylic acids is 1. The number of benzene rings is 3. The Kier molecular flexibility index (Phi) is 8.03. The van der Waals surface area contributed by atoms with Gasteiger partial charge in [0.25, 0.3) is 5.91 Å². The zero-order valence-corrected chi connectivity index (χ0v) is 19.6. The Balaban J connectivity index is 1.56. The molecule has 160 valence electrons. The van der Waals surface area contributed by atoms with Crippen LogP contribution in [-0.2, 0) is 6.61 Å². The number of hydrogen-bond acceptors (Lipinski definition) is 4. The lowest BCUT2D eigenvalue weighted by molar-refractivity contribution is 0.0977. The summed E-state index contributed by atoms with van der Waals surface area (Å²) in [5.74, 6) is 1.07. The Morgan fingerprint density at radius 3 is 2.52 bits per heavy atom. The molecule has 3 aromatic rings. The van der Waals surface area contributed by atoms with E-state index in [0.29, 0.717) is 28.1 Å². The van der Waals surface area contributed by atoms with Crippen LogP contribution in [0.25, 0.3) is 0 Å². The molecule has 0 spiro atoms. The number of nitrogens with one attached hydrogen (secondary N) is 2. The minimum atomic E-state index is -0.314. The molecule has 0 unspecified atom stereocenters. The van der Waals surface area contributed by atoms with Crippen LogP contribution in [0.2, 0.25) is 0 Å². The molecule has 5 nitrogen and oxygen atoms in total. The monoisotopic (exact) mass is 498 g/mol. The Hall–Kier alpha value is -2.90. The molecule has 2 N–H and O–H groups in total. The highest BCUT2D eigenvalue weighted by molar-refractivity contribution is 9.10. The van der Waals surface area contributed by atoms with Crippen LogP contribution in [0.5, 0.6) is 11.5 Å². The Bertz CT molecular complexity index is 1060. The Labute approximate surface area is 195 Å². The fraction of sp³-hybridized carbons (Fsp3) is 0.167. The van der Waals surface area contributed by atoms with Crippen molar-refractivity contribution in [2.24, 2.45) is 0 Å². The molecule has 0 aromatic heterocycles. The first-order valence-corrected chi connectivity index (χ1v) is 11.0. The van der Waals surface area contributed by atoms with Crippen molar-refractivity contribution < 1.29 is 14.3 Å². The number of carbonyl (C=O) groups is 1.